The minimum atomic E-state index is -0.288. The summed E-state index contributed by atoms with van der Waals surface area (Å²) in [5.41, 5.74) is 2.08. The molecule has 0 heterocycles. The second-order valence-electron chi connectivity index (χ2n) is 5.09. The largest absolute Gasteiger partial charge is 0.483 e. The van der Waals surface area contributed by atoms with Gasteiger partial charge in [0.25, 0.3) is 5.91 Å². The Hall–Kier alpha value is -2.04. The summed E-state index contributed by atoms with van der Waals surface area (Å²) in [6, 6.07) is 5.88. The molecule has 5 nitrogen and oxygen atoms in total. The lowest BCUT2D eigenvalue weighted by Gasteiger charge is -2.21. The van der Waals surface area contributed by atoms with E-state index in [0.717, 1.165) is 16.9 Å². The third kappa shape index (κ3) is 5.76. The number of aryl methyl sites for hydroxylation is 2. The molecule has 1 aromatic carbocycles. The molecule has 1 rings (SSSR count). The number of rotatable bonds is 8. The van der Waals surface area contributed by atoms with Crippen LogP contribution in [-0.2, 0) is 14.3 Å². The highest BCUT2D eigenvalue weighted by atomic mass is 16.5. The van der Waals surface area contributed by atoms with E-state index in [1.807, 2.05) is 39.0 Å². The van der Waals surface area contributed by atoms with Crippen LogP contribution < -0.4 is 4.74 Å². The molecule has 0 aliphatic rings. The normalized spacial score (nSPS) is 10.2. The molecular formula is C17H25NO4. The van der Waals surface area contributed by atoms with Gasteiger partial charge in [-0.15, -0.1) is 0 Å². The summed E-state index contributed by atoms with van der Waals surface area (Å²) in [5, 5.41) is 0. The molecule has 122 valence electrons. The number of carbonyl (C=O) groups excluding carboxylic acids is 2. The molecule has 0 aliphatic heterocycles. The molecule has 1 amide bonds. The van der Waals surface area contributed by atoms with E-state index >= 15 is 0 Å². The van der Waals surface area contributed by atoms with E-state index in [1.54, 1.807) is 11.8 Å². The second-order valence-corrected chi connectivity index (χ2v) is 5.09. The fourth-order valence-corrected chi connectivity index (χ4v) is 2.01. The van der Waals surface area contributed by atoms with E-state index in [4.69, 9.17) is 9.47 Å². The van der Waals surface area contributed by atoms with Gasteiger partial charge in [0.1, 0.15) is 5.75 Å². The topological polar surface area (TPSA) is 55.8 Å². The first-order valence-electron chi connectivity index (χ1n) is 7.61. The molecule has 1 aromatic rings. The van der Waals surface area contributed by atoms with E-state index in [9.17, 15) is 9.59 Å². The van der Waals surface area contributed by atoms with Crippen LogP contribution in [0.25, 0.3) is 0 Å². The summed E-state index contributed by atoms with van der Waals surface area (Å²) < 4.78 is 10.5. The Morgan fingerprint density at radius 2 is 1.91 bits per heavy atom. The Kier molecular flexibility index (Phi) is 7.43. The average molecular weight is 307 g/mol. The number of hydrogen-bond donors (Lipinski definition) is 0. The molecule has 0 bridgehead atoms. The molecule has 0 aliphatic carbocycles. The van der Waals surface area contributed by atoms with Gasteiger partial charge in [0.2, 0.25) is 0 Å². The van der Waals surface area contributed by atoms with Gasteiger partial charge >= 0.3 is 5.97 Å². The zero-order chi connectivity index (χ0) is 16.5. The van der Waals surface area contributed by atoms with Crippen LogP contribution in [0.3, 0.4) is 0 Å². The molecule has 0 unspecified atom stereocenters. The monoisotopic (exact) mass is 307 g/mol. The van der Waals surface area contributed by atoms with Crippen LogP contribution in [0.5, 0.6) is 5.75 Å². The summed E-state index contributed by atoms with van der Waals surface area (Å²) in [7, 11) is 0. The van der Waals surface area contributed by atoms with Crippen LogP contribution >= 0.6 is 0 Å². The first kappa shape index (κ1) is 18.0. The van der Waals surface area contributed by atoms with E-state index in [-0.39, 0.29) is 24.9 Å². The van der Waals surface area contributed by atoms with E-state index < -0.39 is 0 Å². The number of esters is 1. The standard InChI is InChI=1S/C17H25NO4/c1-5-18(10-9-17(20)21-6-2)16(19)12-22-15-11-13(3)7-8-14(15)4/h7-8,11H,5-6,9-10,12H2,1-4H3. The number of hydrogen-bond acceptors (Lipinski definition) is 4. The second kappa shape index (κ2) is 9.07. The first-order valence-corrected chi connectivity index (χ1v) is 7.61. The summed E-state index contributed by atoms with van der Waals surface area (Å²) in [5.74, 6) is 0.298. The maximum atomic E-state index is 12.2. The Morgan fingerprint density at radius 1 is 1.18 bits per heavy atom. The van der Waals surface area contributed by atoms with Gasteiger partial charge in [-0.2, -0.15) is 0 Å². The van der Waals surface area contributed by atoms with Crippen molar-refractivity contribution in [2.24, 2.45) is 0 Å². The minimum absolute atomic E-state index is 0.0268. The van der Waals surface area contributed by atoms with Gasteiger partial charge in [0, 0.05) is 13.1 Å². The smallest absolute Gasteiger partial charge is 0.307 e. The van der Waals surface area contributed by atoms with Crippen LogP contribution in [0.1, 0.15) is 31.4 Å². The molecule has 0 radical (unpaired) electrons. The fraction of sp³-hybridized carbons (Fsp3) is 0.529. The molecule has 0 aromatic heterocycles. The number of benzene rings is 1. The van der Waals surface area contributed by atoms with Crippen molar-refractivity contribution < 1.29 is 19.1 Å². The highest BCUT2D eigenvalue weighted by Crippen LogP contribution is 2.19. The van der Waals surface area contributed by atoms with Crippen molar-refractivity contribution in [3.05, 3.63) is 29.3 Å². The summed E-state index contributed by atoms with van der Waals surface area (Å²) in [6.45, 7) is 8.78. The van der Waals surface area contributed by atoms with Gasteiger partial charge in [0.15, 0.2) is 6.61 Å². The SMILES string of the molecule is CCOC(=O)CCN(CC)C(=O)COc1cc(C)ccc1C. The molecule has 0 saturated heterocycles. The zero-order valence-corrected chi connectivity index (χ0v) is 13.8. The van der Waals surface area contributed by atoms with Gasteiger partial charge in [0.05, 0.1) is 13.0 Å². The van der Waals surface area contributed by atoms with Crippen molar-refractivity contribution in [1.29, 1.82) is 0 Å². The molecule has 5 heteroatoms. The van der Waals surface area contributed by atoms with Gasteiger partial charge in [-0.25, -0.2) is 0 Å². The number of likely N-dealkylation sites (N-methyl/N-ethyl adjacent to an activating group) is 1. The summed E-state index contributed by atoms with van der Waals surface area (Å²) >= 11 is 0. The summed E-state index contributed by atoms with van der Waals surface area (Å²) in [4.78, 5) is 25.1. The molecule has 0 atom stereocenters. The van der Waals surface area contributed by atoms with Gasteiger partial charge in [-0.3, -0.25) is 9.59 Å². The van der Waals surface area contributed by atoms with Crippen molar-refractivity contribution >= 4 is 11.9 Å². The average Bonchev–Trinajstić information content (AvgIpc) is 2.49. The van der Waals surface area contributed by atoms with Crippen LogP contribution in [0.15, 0.2) is 18.2 Å². The van der Waals surface area contributed by atoms with Crippen molar-refractivity contribution in [3.63, 3.8) is 0 Å². The van der Waals surface area contributed by atoms with Crippen molar-refractivity contribution in [2.45, 2.75) is 34.1 Å². The van der Waals surface area contributed by atoms with Crippen LogP contribution in [-0.4, -0.2) is 43.1 Å². The van der Waals surface area contributed by atoms with Crippen molar-refractivity contribution in [1.82, 2.24) is 4.90 Å². The molecule has 0 fully saturated rings. The van der Waals surface area contributed by atoms with Crippen LogP contribution in [0.4, 0.5) is 0 Å². The molecule has 0 saturated carbocycles. The third-order valence-corrected chi connectivity index (χ3v) is 3.32. The molecule has 0 spiro atoms. The lowest BCUT2D eigenvalue weighted by Crippen LogP contribution is -2.36. The van der Waals surface area contributed by atoms with Crippen LogP contribution in [0, 0.1) is 13.8 Å². The Bertz CT molecular complexity index is 513. The highest BCUT2D eigenvalue weighted by molar-refractivity contribution is 5.78. The molecular weight excluding hydrogens is 282 g/mol. The van der Waals surface area contributed by atoms with E-state index in [2.05, 4.69) is 0 Å². The highest BCUT2D eigenvalue weighted by Gasteiger charge is 2.15. The predicted molar refractivity (Wildman–Crippen MR) is 84.9 cm³/mol. The number of amides is 1. The van der Waals surface area contributed by atoms with E-state index in [1.165, 1.54) is 0 Å². The third-order valence-electron chi connectivity index (χ3n) is 3.32. The Balaban J connectivity index is 2.51. The first-order chi connectivity index (χ1) is 10.5. The Labute approximate surface area is 132 Å². The van der Waals surface area contributed by atoms with Gasteiger partial charge in [-0.05, 0) is 44.9 Å². The maximum absolute atomic E-state index is 12.2. The number of carbonyl (C=O) groups is 2. The van der Waals surface area contributed by atoms with Gasteiger partial charge < -0.3 is 14.4 Å². The predicted octanol–water partition coefficient (Wildman–Crippen LogP) is 2.48. The van der Waals surface area contributed by atoms with Crippen molar-refractivity contribution in [3.8, 4) is 5.75 Å². The quantitative estimate of drug-likeness (QED) is 0.692. The van der Waals surface area contributed by atoms with Crippen LogP contribution in [0.2, 0.25) is 0 Å². The number of ether oxygens (including phenoxy) is 2. The molecule has 0 N–H and O–H groups in total. The minimum Gasteiger partial charge on any atom is -0.483 e. The molecule has 22 heavy (non-hydrogen) atoms. The Morgan fingerprint density at radius 3 is 2.55 bits per heavy atom. The lowest BCUT2D eigenvalue weighted by atomic mass is 10.1. The maximum Gasteiger partial charge on any atom is 0.307 e. The zero-order valence-electron chi connectivity index (χ0n) is 13.8. The number of nitrogens with zero attached hydrogens (tertiary/aromatic N) is 1. The summed E-state index contributed by atoms with van der Waals surface area (Å²) in [6.07, 6.45) is 0.205. The fourth-order valence-electron chi connectivity index (χ4n) is 2.01. The van der Waals surface area contributed by atoms with E-state index in [0.29, 0.717) is 19.7 Å². The van der Waals surface area contributed by atoms with Crippen molar-refractivity contribution in [2.75, 3.05) is 26.3 Å². The lowest BCUT2D eigenvalue weighted by molar-refractivity contribution is -0.144. The van der Waals surface area contributed by atoms with Gasteiger partial charge in [-0.1, -0.05) is 12.1 Å².